The molecule has 0 radical (unpaired) electrons. The van der Waals surface area contributed by atoms with Crippen LogP contribution in [0.25, 0.3) is 0 Å². The Morgan fingerprint density at radius 2 is 2.15 bits per heavy atom. The topological polar surface area (TPSA) is 64.0 Å². The Morgan fingerprint density at radius 1 is 1.35 bits per heavy atom. The first-order chi connectivity index (χ1) is 12.5. The van der Waals surface area contributed by atoms with E-state index >= 15 is 0 Å². The molecule has 6 nitrogen and oxygen atoms in total. The second-order valence-electron chi connectivity index (χ2n) is 6.32. The van der Waals surface area contributed by atoms with Crippen molar-refractivity contribution in [1.29, 1.82) is 0 Å². The Labute approximate surface area is 165 Å². The molecule has 0 bridgehead atoms. The van der Waals surface area contributed by atoms with Crippen LogP contribution in [-0.2, 0) is 13.0 Å². The number of ether oxygens (including phenoxy) is 1. The highest BCUT2D eigenvalue weighted by atomic mass is 32.2. The molecule has 0 saturated carbocycles. The van der Waals surface area contributed by atoms with E-state index in [4.69, 9.17) is 17.0 Å². The second-order valence-corrected chi connectivity index (χ2v) is 7.51. The standard InChI is InChI=1S/C18H27N5OS2/c1-13(2)12-23-16(21-22-18(23)26-4)9-6-10-19-17(25)20-14-7-5-8-15(11-14)24-3/h5,7-8,11,13H,6,9-10,12H2,1-4H3,(H2,19,20,25). The summed E-state index contributed by atoms with van der Waals surface area (Å²) < 4.78 is 7.44. The molecule has 1 heterocycles. The summed E-state index contributed by atoms with van der Waals surface area (Å²) in [5, 5.41) is 16.6. The molecule has 0 aliphatic carbocycles. The zero-order valence-electron chi connectivity index (χ0n) is 15.8. The molecule has 0 unspecified atom stereocenters. The molecule has 1 aromatic heterocycles. The van der Waals surface area contributed by atoms with Gasteiger partial charge in [-0.3, -0.25) is 0 Å². The monoisotopic (exact) mass is 393 g/mol. The summed E-state index contributed by atoms with van der Waals surface area (Å²) in [5.41, 5.74) is 0.906. The molecule has 0 saturated heterocycles. The molecule has 0 spiro atoms. The van der Waals surface area contributed by atoms with Gasteiger partial charge in [0.25, 0.3) is 0 Å². The van der Waals surface area contributed by atoms with E-state index < -0.39 is 0 Å². The predicted molar refractivity (Wildman–Crippen MR) is 112 cm³/mol. The van der Waals surface area contributed by atoms with Gasteiger partial charge in [-0.25, -0.2) is 0 Å². The van der Waals surface area contributed by atoms with Gasteiger partial charge in [0, 0.05) is 31.3 Å². The van der Waals surface area contributed by atoms with Gasteiger partial charge in [0.05, 0.1) is 7.11 Å². The minimum Gasteiger partial charge on any atom is -0.497 e. The number of nitrogens with one attached hydrogen (secondary N) is 2. The van der Waals surface area contributed by atoms with Crippen LogP contribution >= 0.6 is 24.0 Å². The van der Waals surface area contributed by atoms with E-state index in [0.717, 1.165) is 48.3 Å². The maximum Gasteiger partial charge on any atom is 0.190 e. The van der Waals surface area contributed by atoms with Crippen molar-refractivity contribution < 1.29 is 4.74 Å². The second kappa shape index (κ2) is 10.4. The van der Waals surface area contributed by atoms with E-state index in [1.54, 1.807) is 18.9 Å². The lowest BCUT2D eigenvalue weighted by molar-refractivity contribution is 0.415. The van der Waals surface area contributed by atoms with E-state index in [-0.39, 0.29) is 0 Å². The van der Waals surface area contributed by atoms with Crippen molar-refractivity contribution in [3.63, 3.8) is 0 Å². The summed E-state index contributed by atoms with van der Waals surface area (Å²) in [6.07, 6.45) is 3.84. The van der Waals surface area contributed by atoms with Gasteiger partial charge in [0.2, 0.25) is 0 Å². The zero-order chi connectivity index (χ0) is 18.9. The van der Waals surface area contributed by atoms with E-state index in [0.29, 0.717) is 11.0 Å². The fraction of sp³-hybridized carbons (Fsp3) is 0.500. The van der Waals surface area contributed by atoms with Gasteiger partial charge in [0.15, 0.2) is 10.3 Å². The molecule has 1 aromatic carbocycles. The largest absolute Gasteiger partial charge is 0.497 e. The van der Waals surface area contributed by atoms with Gasteiger partial charge in [0.1, 0.15) is 11.6 Å². The number of benzene rings is 1. The molecular weight excluding hydrogens is 366 g/mol. The Kier molecular flexibility index (Phi) is 8.18. The number of methoxy groups -OCH3 is 1. The fourth-order valence-electron chi connectivity index (χ4n) is 2.53. The molecule has 2 rings (SSSR count). The van der Waals surface area contributed by atoms with E-state index in [1.165, 1.54) is 0 Å². The van der Waals surface area contributed by atoms with Crippen LogP contribution in [0.4, 0.5) is 5.69 Å². The normalized spacial score (nSPS) is 10.8. The third-order valence-electron chi connectivity index (χ3n) is 3.71. The SMILES string of the molecule is COc1cccc(NC(=S)NCCCc2nnc(SC)n2CC(C)C)c1. The maximum atomic E-state index is 5.35. The number of aryl methyl sites for hydroxylation is 1. The van der Waals surface area contributed by atoms with Crippen molar-refractivity contribution in [2.24, 2.45) is 5.92 Å². The Hall–Kier alpha value is -1.80. The first-order valence-corrected chi connectivity index (χ1v) is 10.3. The van der Waals surface area contributed by atoms with Crippen LogP contribution in [0.3, 0.4) is 0 Å². The molecule has 0 aliphatic rings. The summed E-state index contributed by atoms with van der Waals surface area (Å²) in [6, 6.07) is 7.69. The quantitative estimate of drug-likeness (QED) is 0.383. The van der Waals surface area contributed by atoms with Crippen molar-refractivity contribution in [3.8, 4) is 5.75 Å². The Morgan fingerprint density at radius 3 is 2.85 bits per heavy atom. The molecule has 2 N–H and O–H groups in total. The highest BCUT2D eigenvalue weighted by Gasteiger charge is 2.12. The van der Waals surface area contributed by atoms with Crippen LogP contribution in [0.1, 0.15) is 26.1 Å². The van der Waals surface area contributed by atoms with Crippen molar-refractivity contribution >= 4 is 34.8 Å². The summed E-state index contributed by atoms with van der Waals surface area (Å²) in [6.45, 7) is 6.14. The smallest absolute Gasteiger partial charge is 0.190 e. The highest BCUT2D eigenvalue weighted by Crippen LogP contribution is 2.17. The third-order valence-corrected chi connectivity index (χ3v) is 4.63. The molecule has 0 aliphatic heterocycles. The minimum absolute atomic E-state index is 0.563. The molecule has 142 valence electrons. The Bertz CT molecular complexity index is 717. The third kappa shape index (κ3) is 6.17. The van der Waals surface area contributed by atoms with Crippen molar-refractivity contribution in [2.45, 2.75) is 38.4 Å². The van der Waals surface area contributed by atoms with Crippen LogP contribution in [0.15, 0.2) is 29.4 Å². The maximum absolute atomic E-state index is 5.35. The zero-order valence-corrected chi connectivity index (χ0v) is 17.4. The van der Waals surface area contributed by atoms with E-state index in [9.17, 15) is 0 Å². The number of hydrogen-bond acceptors (Lipinski definition) is 5. The van der Waals surface area contributed by atoms with Gasteiger partial charge < -0.3 is 19.9 Å². The molecule has 26 heavy (non-hydrogen) atoms. The van der Waals surface area contributed by atoms with E-state index in [2.05, 4.69) is 39.2 Å². The molecule has 8 heteroatoms. The fourth-order valence-corrected chi connectivity index (χ4v) is 3.27. The first kappa shape index (κ1) is 20.5. The number of aromatic nitrogens is 3. The van der Waals surface area contributed by atoms with Gasteiger partial charge in [-0.2, -0.15) is 0 Å². The van der Waals surface area contributed by atoms with Crippen molar-refractivity contribution in [2.75, 3.05) is 25.2 Å². The van der Waals surface area contributed by atoms with Gasteiger partial charge in [-0.15, -0.1) is 10.2 Å². The molecule has 0 amide bonds. The van der Waals surface area contributed by atoms with Crippen LogP contribution < -0.4 is 15.4 Å². The summed E-state index contributed by atoms with van der Waals surface area (Å²) in [4.78, 5) is 0. The lowest BCUT2D eigenvalue weighted by Gasteiger charge is -2.13. The lowest BCUT2D eigenvalue weighted by atomic mass is 10.2. The van der Waals surface area contributed by atoms with Crippen LogP contribution in [0, 0.1) is 5.92 Å². The van der Waals surface area contributed by atoms with Crippen LogP contribution in [0.2, 0.25) is 0 Å². The first-order valence-electron chi connectivity index (χ1n) is 8.68. The van der Waals surface area contributed by atoms with Crippen molar-refractivity contribution in [1.82, 2.24) is 20.1 Å². The molecule has 0 atom stereocenters. The number of rotatable bonds is 9. The average Bonchev–Trinajstić information content (AvgIpc) is 3.00. The number of thiocarbonyl (C=S) groups is 1. The molecule has 0 fully saturated rings. The minimum atomic E-state index is 0.563. The summed E-state index contributed by atoms with van der Waals surface area (Å²) in [5.74, 6) is 2.40. The predicted octanol–water partition coefficient (Wildman–Crippen LogP) is 3.58. The lowest BCUT2D eigenvalue weighted by Crippen LogP contribution is -2.29. The number of nitrogens with zero attached hydrogens (tertiary/aromatic N) is 3. The van der Waals surface area contributed by atoms with Gasteiger partial charge in [-0.1, -0.05) is 31.7 Å². The van der Waals surface area contributed by atoms with Crippen molar-refractivity contribution in [3.05, 3.63) is 30.1 Å². The number of hydrogen-bond donors (Lipinski definition) is 2. The Balaban J connectivity index is 1.79. The van der Waals surface area contributed by atoms with Gasteiger partial charge >= 0.3 is 0 Å². The molecular formula is C18H27N5OS2. The number of anilines is 1. The summed E-state index contributed by atoms with van der Waals surface area (Å²) in [7, 11) is 1.65. The highest BCUT2D eigenvalue weighted by molar-refractivity contribution is 7.98. The average molecular weight is 394 g/mol. The van der Waals surface area contributed by atoms with Crippen LogP contribution in [-0.4, -0.2) is 39.8 Å². The van der Waals surface area contributed by atoms with E-state index in [1.807, 2.05) is 30.5 Å². The number of thioether (sulfide) groups is 1. The molecule has 2 aromatic rings. The summed E-state index contributed by atoms with van der Waals surface area (Å²) >= 11 is 6.99. The van der Waals surface area contributed by atoms with Crippen LogP contribution in [0.5, 0.6) is 5.75 Å². The van der Waals surface area contributed by atoms with Gasteiger partial charge in [-0.05, 0) is 42.9 Å².